The van der Waals surface area contributed by atoms with Crippen LogP contribution in [0, 0.1) is 0 Å². The van der Waals surface area contributed by atoms with E-state index in [1.807, 2.05) is 0 Å². The fourth-order valence-electron chi connectivity index (χ4n) is 1.46. The molecule has 98 valence electrons. The van der Waals surface area contributed by atoms with Gasteiger partial charge in [-0.1, -0.05) is 19.8 Å². The molecule has 0 aliphatic heterocycles. The van der Waals surface area contributed by atoms with Crippen LogP contribution in [0.4, 0.5) is 0 Å². The van der Waals surface area contributed by atoms with Crippen molar-refractivity contribution in [3.05, 3.63) is 16.3 Å². The zero-order chi connectivity index (χ0) is 12.9. The van der Waals surface area contributed by atoms with E-state index in [2.05, 4.69) is 6.92 Å². The topological polar surface area (TPSA) is 57.6 Å². The van der Waals surface area contributed by atoms with Crippen LogP contribution in [-0.2, 0) is 16.6 Å². The van der Waals surface area contributed by atoms with Gasteiger partial charge in [0, 0.05) is 23.8 Å². The first-order chi connectivity index (χ1) is 8.02. The van der Waals surface area contributed by atoms with Gasteiger partial charge in [-0.2, -0.15) is 0 Å². The molecule has 0 atom stereocenters. The Hall–Kier alpha value is -0.430. The third-order valence-corrected chi connectivity index (χ3v) is 5.48. The summed E-state index contributed by atoms with van der Waals surface area (Å²) >= 11 is 1.27. The van der Waals surface area contributed by atoms with E-state index in [0.717, 1.165) is 19.3 Å². The highest BCUT2D eigenvalue weighted by molar-refractivity contribution is 7.89. The number of aliphatic hydroxyl groups is 1. The van der Waals surface area contributed by atoms with Crippen LogP contribution in [0.25, 0.3) is 0 Å². The third-order valence-electron chi connectivity index (χ3n) is 2.57. The lowest BCUT2D eigenvalue weighted by Gasteiger charge is -2.15. The predicted molar refractivity (Wildman–Crippen MR) is 69.6 cm³/mol. The average Bonchev–Trinajstić information content (AvgIpc) is 2.78. The standard InChI is InChI=1S/C11H19NO3S2/c1-3-4-5-6-12(2)17(14,15)11-7-10(8-13)16-9-11/h7,9,13H,3-6,8H2,1-2H3. The zero-order valence-electron chi connectivity index (χ0n) is 10.2. The van der Waals surface area contributed by atoms with Crippen LogP contribution in [0.5, 0.6) is 0 Å². The van der Waals surface area contributed by atoms with E-state index in [1.54, 1.807) is 12.4 Å². The molecule has 0 saturated heterocycles. The van der Waals surface area contributed by atoms with Gasteiger partial charge in [0.05, 0.1) is 11.5 Å². The van der Waals surface area contributed by atoms with E-state index < -0.39 is 10.0 Å². The van der Waals surface area contributed by atoms with Crippen LogP contribution >= 0.6 is 11.3 Å². The molecule has 0 spiro atoms. The van der Waals surface area contributed by atoms with Crippen molar-refractivity contribution < 1.29 is 13.5 Å². The van der Waals surface area contributed by atoms with Gasteiger partial charge in [0.15, 0.2) is 0 Å². The molecule has 0 bridgehead atoms. The second kappa shape index (κ2) is 6.49. The maximum atomic E-state index is 12.1. The molecule has 4 nitrogen and oxygen atoms in total. The van der Waals surface area contributed by atoms with Gasteiger partial charge in [-0.15, -0.1) is 11.3 Å². The minimum atomic E-state index is -3.38. The van der Waals surface area contributed by atoms with Crippen LogP contribution in [0.15, 0.2) is 16.3 Å². The summed E-state index contributed by atoms with van der Waals surface area (Å²) in [4.78, 5) is 0.955. The van der Waals surface area contributed by atoms with Gasteiger partial charge in [0.2, 0.25) is 10.0 Å². The lowest BCUT2D eigenvalue weighted by Crippen LogP contribution is -2.27. The van der Waals surface area contributed by atoms with Gasteiger partial charge in [-0.25, -0.2) is 12.7 Å². The molecule has 0 aromatic carbocycles. The maximum Gasteiger partial charge on any atom is 0.243 e. The Morgan fingerprint density at radius 3 is 2.65 bits per heavy atom. The van der Waals surface area contributed by atoms with Crippen molar-refractivity contribution in [2.75, 3.05) is 13.6 Å². The summed E-state index contributed by atoms with van der Waals surface area (Å²) in [7, 11) is -1.78. The molecule has 1 aromatic heterocycles. The Labute approximate surface area is 107 Å². The maximum absolute atomic E-state index is 12.1. The van der Waals surface area contributed by atoms with Gasteiger partial charge in [0.1, 0.15) is 0 Å². The van der Waals surface area contributed by atoms with E-state index in [-0.39, 0.29) is 11.5 Å². The number of unbranched alkanes of at least 4 members (excludes halogenated alkanes) is 2. The Kier molecular flexibility index (Phi) is 5.58. The number of rotatable bonds is 7. The molecule has 0 radical (unpaired) electrons. The lowest BCUT2D eigenvalue weighted by molar-refractivity contribution is 0.285. The largest absolute Gasteiger partial charge is 0.391 e. The first-order valence-electron chi connectivity index (χ1n) is 5.67. The summed E-state index contributed by atoms with van der Waals surface area (Å²) in [5, 5.41) is 10.5. The normalized spacial score (nSPS) is 12.2. The summed E-state index contributed by atoms with van der Waals surface area (Å²) < 4.78 is 25.6. The fourth-order valence-corrected chi connectivity index (χ4v) is 3.79. The molecule has 0 aliphatic carbocycles. The summed E-state index contributed by atoms with van der Waals surface area (Å²) in [5.74, 6) is 0. The predicted octanol–water partition coefficient (Wildman–Crippen LogP) is 2.05. The zero-order valence-corrected chi connectivity index (χ0v) is 11.9. The summed E-state index contributed by atoms with van der Waals surface area (Å²) in [6, 6.07) is 1.54. The van der Waals surface area contributed by atoms with Gasteiger partial charge in [-0.3, -0.25) is 0 Å². The summed E-state index contributed by atoms with van der Waals surface area (Å²) in [6.07, 6.45) is 2.98. The second-order valence-electron chi connectivity index (χ2n) is 3.94. The van der Waals surface area contributed by atoms with Crippen molar-refractivity contribution in [2.45, 2.75) is 37.7 Å². The quantitative estimate of drug-likeness (QED) is 0.776. The Bertz CT molecular complexity index is 439. The van der Waals surface area contributed by atoms with Crippen LogP contribution in [0.3, 0.4) is 0 Å². The van der Waals surface area contributed by atoms with Crippen molar-refractivity contribution >= 4 is 21.4 Å². The van der Waals surface area contributed by atoms with E-state index in [0.29, 0.717) is 11.4 Å². The third kappa shape index (κ3) is 3.77. The molecule has 1 heterocycles. The molecule has 0 amide bonds. The molecule has 0 unspecified atom stereocenters. The SMILES string of the molecule is CCCCCN(C)S(=O)(=O)c1csc(CO)c1. The molecular weight excluding hydrogens is 258 g/mol. The van der Waals surface area contributed by atoms with Gasteiger partial charge in [0.25, 0.3) is 0 Å². The van der Waals surface area contributed by atoms with Crippen molar-refractivity contribution in [3.63, 3.8) is 0 Å². The van der Waals surface area contributed by atoms with E-state index >= 15 is 0 Å². The highest BCUT2D eigenvalue weighted by Crippen LogP contribution is 2.22. The number of aliphatic hydroxyl groups excluding tert-OH is 1. The van der Waals surface area contributed by atoms with Crippen LogP contribution in [0.2, 0.25) is 0 Å². The molecule has 17 heavy (non-hydrogen) atoms. The molecule has 0 saturated carbocycles. The first kappa shape index (κ1) is 14.6. The van der Waals surface area contributed by atoms with Crippen LogP contribution < -0.4 is 0 Å². The average molecular weight is 277 g/mol. The number of nitrogens with zero attached hydrogens (tertiary/aromatic N) is 1. The van der Waals surface area contributed by atoms with Gasteiger partial charge < -0.3 is 5.11 Å². The number of sulfonamides is 1. The van der Waals surface area contributed by atoms with E-state index in [4.69, 9.17) is 5.11 Å². The van der Waals surface area contributed by atoms with E-state index in [9.17, 15) is 8.42 Å². The summed E-state index contributed by atoms with van der Waals surface area (Å²) in [5.41, 5.74) is 0. The minimum absolute atomic E-state index is 0.111. The number of hydrogen-bond acceptors (Lipinski definition) is 4. The molecule has 0 fully saturated rings. The van der Waals surface area contributed by atoms with Crippen molar-refractivity contribution in [1.29, 1.82) is 0 Å². The first-order valence-corrected chi connectivity index (χ1v) is 7.99. The van der Waals surface area contributed by atoms with Gasteiger partial charge in [-0.05, 0) is 12.5 Å². The lowest BCUT2D eigenvalue weighted by atomic mass is 10.2. The van der Waals surface area contributed by atoms with Gasteiger partial charge >= 0.3 is 0 Å². The molecular formula is C11H19NO3S2. The molecule has 1 rings (SSSR count). The van der Waals surface area contributed by atoms with Crippen molar-refractivity contribution in [1.82, 2.24) is 4.31 Å². The van der Waals surface area contributed by atoms with Crippen LogP contribution in [-0.4, -0.2) is 31.4 Å². The highest BCUT2D eigenvalue weighted by Gasteiger charge is 2.21. The second-order valence-corrected chi connectivity index (χ2v) is 6.98. The molecule has 1 aromatic rings. The highest BCUT2D eigenvalue weighted by atomic mass is 32.2. The molecule has 6 heteroatoms. The molecule has 0 aliphatic rings. The Morgan fingerprint density at radius 2 is 2.12 bits per heavy atom. The smallest absolute Gasteiger partial charge is 0.243 e. The molecule has 1 N–H and O–H groups in total. The number of hydrogen-bond donors (Lipinski definition) is 1. The summed E-state index contributed by atoms with van der Waals surface area (Å²) in [6.45, 7) is 2.51. The van der Waals surface area contributed by atoms with E-state index in [1.165, 1.54) is 21.7 Å². The van der Waals surface area contributed by atoms with Crippen molar-refractivity contribution in [2.24, 2.45) is 0 Å². The minimum Gasteiger partial charge on any atom is -0.391 e. The van der Waals surface area contributed by atoms with Crippen LogP contribution in [0.1, 0.15) is 31.1 Å². The fraction of sp³-hybridized carbons (Fsp3) is 0.636. The van der Waals surface area contributed by atoms with Crippen molar-refractivity contribution in [3.8, 4) is 0 Å². The monoisotopic (exact) mass is 277 g/mol. The Morgan fingerprint density at radius 1 is 1.41 bits per heavy atom. The number of thiophene rings is 1. The Balaban J connectivity index is 2.73.